The normalized spacial score (nSPS) is 16.0. The molecular weight excluding hydrogens is 148 g/mol. The van der Waals surface area contributed by atoms with Crippen LogP contribution in [-0.2, 0) is 9.47 Å². The predicted octanol–water partition coefficient (Wildman–Crippen LogP) is -0.583. The van der Waals surface area contributed by atoms with Crippen LogP contribution in [0.2, 0.25) is 0 Å². The van der Waals surface area contributed by atoms with Crippen molar-refractivity contribution in [3.05, 3.63) is 0 Å². The third-order valence-electron chi connectivity index (χ3n) is 0.721. The Morgan fingerprint density at radius 3 is 1.89 bits per heavy atom. The summed E-state index contributed by atoms with van der Waals surface area (Å²) >= 11 is 0. The Hall–Kier alpha value is 1.14. The Balaban J connectivity index is 0. The average Bonchev–Trinajstić information content (AvgIpc) is 1.65. The molecule has 0 heterocycles. The molecule has 2 atom stereocenters. The molecule has 0 aromatic heterocycles. The van der Waals surface area contributed by atoms with Gasteiger partial charge in [-0.3, -0.25) is 0 Å². The van der Waals surface area contributed by atoms with E-state index in [1.807, 2.05) is 0 Å². The van der Waals surface area contributed by atoms with E-state index in [-0.39, 0.29) is 44.0 Å². The molecule has 3 nitrogen and oxygen atoms in total. The van der Waals surface area contributed by atoms with Gasteiger partial charge in [-0.15, -0.1) is 0 Å². The molecular formula is C5H14CaO3. The molecule has 54 valence electrons. The summed E-state index contributed by atoms with van der Waals surface area (Å²) in [4.78, 5) is 0. The van der Waals surface area contributed by atoms with Crippen LogP contribution < -0.4 is 0 Å². The van der Waals surface area contributed by atoms with E-state index in [0.29, 0.717) is 0 Å². The molecule has 0 aromatic carbocycles. The predicted molar refractivity (Wildman–Crippen MR) is 37.8 cm³/mol. The van der Waals surface area contributed by atoms with Gasteiger partial charge in [0.25, 0.3) is 0 Å². The van der Waals surface area contributed by atoms with Crippen LogP contribution in [0, 0.1) is 0 Å². The summed E-state index contributed by atoms with van der Waals surface area (Å²) in [5.41, 5.74) is 0. The van der Waals surface area contributed by atoms with Crippen molar-refractivity contribution in [2.24, 2.45) is 0 Å². The first-order chi connectivity index (χ1) is 3.66. The van der Waals surface area contributed by atoms with E-state index in [4.69, 9.17) is 9.84 Å². The molecule has 2 unspecified atom stereocenters. The molecule has 0 saturated heterocycles. The molecule has 0 radical (unpaired) electrons. The molecule has 0 spiro atoms. The summed E-state index contributed by atoms with van der Waals surface area (Å²) < 4.78 is 9.41. The fourth-order valence-electron chi connectivity index (χ4n) is 0.333. The summed E-state index contributed by atoms with van der Waals surface area (Å²) in [5.74, 6) is 0. The van der Waals surface area contributed by atoms with Crippen LogP contribution in [0.1, 0.15) is 13.8 Å². The van der Waals surface area contributed by atoms with Gasteiger partial charge in [0.15, 0.2) is 12.6 Å². The molecule has 0 aliphatic carbocycles. The minimum atomic E-state index is -0.745. The first-order valence-corrected chi connectivity index (χ1v) is 2.53. The number of ether oxygens (including phenoxy) is 2. The number of hydrogen-bond donors (Lipinski definition) is 1. The molecule has 4 heteroatoms. The van der Waals surface area contributed by atoms with Crippen molar-refractivity contribution >= 4 is 37.7 Å². The Morgan fingerprint density at radius 1 is 1.33 bits per heavy atom. The van der Waals surface area contributed by atoms with Crippen molar-refractivity contribution < 1.29 is 14.6 Å². The minimum absolute atomic E-state index is 0. The van der Waals surface area contributed by atoms with Gasteiger partial charge in [0.1, 0.15) is 0 Å². The van der Waals surface area contributed by atoms with Crippen molar-refractivity contribution in [3.8, 4) is 0 Å². The summed E-state index contributed by atoms with van der Waals surface area (Å²) in [6, 6.07) is 0. The van der Waals surface area contributed by atoms with Crippen LogP contribution in [0.25, 0.3) is 0 Å². The Kier molecular flexibility index (Phi) is 10.3. The quantitative estimate of drug-likeness (QED) is 0.445. The fourth-order valence-corrected chi connectivity index (χ4v) is 0.333. The third-order valence-corrected chi connectivity index (χ3v) is 0.721. The molecule has 0 aromatic rings. The van der Waals surface area contributed by atoms with Gasteiger partial charge in [0.05, 0.1) is 0 Å². The molecule has 9 heavy (non-hydrogen) atoms. The Bertz CT molecular complexity index is 58.2. The number of aliphatic hydroxyl groups is 1. The maximum atomic E-state index is 8.55. The van der Waals surface area contributed by atoms with E-state index in [1.54, 1.807) is 6.92 Å². The number of rotatable bonds is 3. The molecule has 0 rings (SSSR count). The first kappa shape index (κ1) is 12.8. The molecule has 1 N–H and O–H groups in total. The zero-order chi connectivity index (χ0) is 6.57. The Morgan fingerprint density at radius 2 is 1.78 bits per heavy atom. The van der Waals surface area contributed by atoms with Crippen molar-refractivity contribution in [2.75, 3.05) is 7.11 Å². The van der Waals surface area contributed by atoms with Crippen molar-refractivity contribution in [1.29, 1.82) is 0 Å². The van der Waals surface area contributed by atoms with Crippen LogP contribution in [0.15, 0.2) is 0 Å². The fraction of sp³-hybridized carbons (Fsp3) is 1.00. The molecule has 0 saturated carbocycles. The van der Waals surface area contributed by atoms with Crippen LogP contribution in [-0.4, -0.2) is 62.5 Å². The SMILES string of the molecule is COC(C)OC(C)O.[CaH2]. The maximum absolute atomic E-state index is 8.55. The van der Waals surface area contributed by atoms with Gasteiger partial charge >= 0.3 is 37.7 Å². The van der Waals surface area contributed by atoms with Gasteiger partial charge in [-0.2, -0.15) is 0 Å². The average molecular weight is 162 g/mol. The monoisotopic (exact) mass is 162 g/mol. The second-order valence-electron chi connectivity index (χ2n) is 1.54. The second kappa shape index (κ2) is 7.25. The Labute approximate surface area is 85.3 Å². The second-order valence-corrected chi connectivity index (χ2v) is 1.54. The summed E-state index contributed by atoms with van der Waals surface area (Å²) in [6.45, 7) is 3.25. The van der Waals surface area contributed by atoms with Crippen LogP contribution >= 0.6 is 0 Å². The van der Waals surface area contributed by atoms with E-state index in [2.05, 4.69) is 4.74 Å². The van der Waals surface area contributed by atoms with Crippen molar-refractivity contribution in [1.82, 2.24) is 0 Å². The van der Waals surface area contributed by atoms with E-state index in [1.165, 1.54) is 14.0 Å². The molecule has 0 bridgehead atoms. The molecule has 0 aliphatic rings. The molecule has 0 amide bonds. The van der Waals surface area contributed by atoms with Gasteiger partial charge in [-0.1, -0.05) is 0 Å². The van der Waals surface area contributed by atoms with E-state index in [0.717, 1.165) is 0 Å². The van der Waals surface area contributed by atoms with Gasteiger partial charge in [0.2, 0.25) is 0 Å². The molecule has 0 fully saturated rings. The van der Waals surface area contributed by atoms with Gasteiger partial charge in [-0.25, -0.2) is 0 Å². The van der Waals surface area contributed by atoms with Crippen LogP contribution in [0.4, 0.5) is 0 Å². The van der Waals surface area contributed by atoms with Gasteiger partial charge in [0, 0.05) is 7.11 Å². The molecule has 0 aliphatic heterocycles. The summed E-state index contributed by atoms with van der Waals surface area (Å²) in [7, 11) is 1.52. The standard InChI is InChI=1S/C5H12O3.Ca.2H/c1-4(6)8-5(2)7-3;;;/h4-6H,1-3H3;;;. The number of methoxy groups -OCH3 is 1. The van der Waals surface area contributed by atoms with Crippen LogP contribution in [0.5, 0.6) is 0 Å². The van der Waals surface area contributed by atoms with E-state index in [9.17, 15) is 0 Å². The third kappa shape index (κ3) is 9.14. The van der Waals surface area contributed by atoms with Gasteiger partial charge < -0.3 is 14.6 Å². The van der Waals surface area contributed by atoms with E-state index < -0.39 is 6.29 Å². The number of aliphatic hydroxyl groups excluding tert-OH is 1. The summed E-state index contributed by atoms with van der Waals surface area (Å²) in [5, 5.41) is 8.55. The van der Waals surface area contributed by atoms with E-state index >= 15 is 0 Å². The zero-order valence-corrected chi connectivity index (χ0v) is 5.42. The zero-order valence-electron chi connectivity index (χ0n) is 5.42. The van der Waals surface area contributed by atoms with Crippen molar-refractivity contribution in [3.63, 3.8) is 0 Å². The van der Waals surface area contributed by atoms with Crippen molar-refractivity contribution in [2.45, 2.75) is 26.4 Å². The van der Waals surface area contributed by atoms with Crippen LogP contribution in [0.3, 0.4) is 0 Å². The number of hydrogen-bond acceptors (Lipinski definition) is 3. The summed E-state index contributed by atoms with van der Waals surface area (Å²) in [6.07, 6.45) is -1.07. The first-order valence-electron chi connectivity index (χ1n) is 2.53. The van der Waals surface area contributed by atoms with Gasteiger partial charge in [-0.05, 0) is 13.8 Å². The topological polar surface area (TPSA) is 38.7 Å².